The molecule has 2 atom stereocenters. The number of carbonyl (C=O) groups is 2. The van der Waals surface area contributed by atoms with Gasteiger partial charge in [-0.3, -0.25) is 4.79 Å². The molecular formula is C18H24O4. The zero-order valence-electron chi connectivity index (χ0n) is 13.1. The minimum Gasteiger partial charge on any atom is -0.426 e. The van der Waals surface area contributed by atoms with Gasteiger partial charge in [-0.25, -0.2) is 4.79 Å². The Bertz CT molecular complexity index is 483. The van der Waals surface area contributed by atoms with Crippen LogP contribution in [0.5, 0.6) is 0 Å². The number of hydrogen-bond acceptors (Lipinski definition) is 4. The van der Waals surface area contributed by atoms with Crippen LogP contribution in [-0.4, -0.2) is 24.1 Å². The van der Waals surface area contributed by atoms with E-state index in [1.54, 1.807) is 24.3 Å². The molecule has 1 fully saturated rings. The van der Waals surface area contributed by atoms with Crippen LogP contribution in [0.3, 0.4) is 0 Å². The van der Waals surface area contributed by atoms with E-state index in [4.69, 9.17) is 9.47 Å². The molecule has 0 aliphatic carbocycles. The van der Waals surface area contributed by atoms with E-state index in [9.17, 15) is 9.59 Å². The molecular weight excluding hydrogens is 280 g/mol. The predicted octanol–water partition coefficient (Wildman–Crippen LogP) is 4.52. The Morgan fingerprint density at radius 2 is 1.68 bits per heavy atom. The largest absolute Gasteiger partial charge is 0.509 e. The van der Waals surface area contributed by atoms with Crippen molar-refractivity contribution in [3.63, 3.8) is 0 Å². The second kappa shape index (κ2) is 8.57. The van der Waals surface area contributed by atoms with Gasteiger partial charge < -0.3 is 9.47 Å². The molecule has 0 amide bonds. The first kappa shape index (κ1) is 16.5. The Balaban J connectivity index is 1.84. The summed E-state index contributed by atoms with van der Waals surface area (Å²) in [6.07, 6.45) is 5.65. The van der Waals surface area contributed by atoms with E-state index in [-0.39, 0.29) is 5.78 Å². The van der Waals surface area contributed by atoms with Gasteiger partial charge in [-0.1, -0.05) is 69.4 Å². The molecule has 0 unspecified atom stereocenters. The van der Waals surface area contributed by atoms with Crippen LogP contribution in [0.15, 0.2) is 30.3 Å². The summed E-state index contributed by atoms with van der Waals surface area (Å²) < 4.78 is 10.2. The quantitative estimate of drug-likeness (QED) is 0.382. The number of hydrogen-bond donors (Lipinski definition) is 0. The fraction of sp³-hybridized carbons (Fsp3) is 0.556. The fourth-order valence-corrected chi connectivity index (χ4v) is 2.72. The highest BCUT2D eigenvalue weighted by molar-refractivity contribution is 6.01. The molecule has 0 spiro atoms. The van der Waals surface area contributed by atoms with Gasteiger partial charge in [-0.15, -0.1) is 0 Å². The van der Waals surface area contributed by atoms with E-state index < -0.39 is 18.4 Å². The number of Topliss-reactive ketones (excluding diaryl/α,β-unsaturated/α-hetero) is 1. The minimum atomic E-state index is -0.800. The zero-order chi connectivity index (χ0) is 15.8. The number of cyclic esters (lactones) is 2. The van der Waals surface area contributed by atoms with Crippen molar-refractivity contribution in [3.05, 3.63) is 35.9 Å². The Kier molecular flexibility index (Phi) is 6.44. The predicted molar refractivity (Wildman–Crippen MR) is 83.9 cm³/mol. The molecule has 0 N–H and O–H groups in total. The van der Waals surface area contributed by atoms with Crippen molar-refractivity contribution in [1.82, 2.24) is 0 Å². The van der Waals surface area contributed by atoms with Crippen LogP contribution >= 0.6 is 0 Å². The van der Waals surface area contributed by atoms with E-state index in [1.807, 2.05) is 6.07 Å². The summed E-state index contributed by atoms with van der Waals surface area (Å²) in [7, 11) is 0. The smallest absolute Gasteiger partial charge is 0.426 e. The summed E-state index contributed by atoms with van der Waals surface area (Å²) in [5.41, 5.74) is 0.554. The molecule has 1 heterocycles. The number of carbonyl (C=O) groups excluding carboxylic acids is 2. The van der Waals surface area contributed by atoms with Crippen molar-refractivity contribution < 1.29 is 19.1 Å². The molecule has 0 bridgehead atoms. The molecule has 4 heteroatoms. The van der Waals surface area contributed by atoms with Crippen LogP contribution in [0.25, 0.3) is 0 Å². The molecule has 22 heavy (non-hydrogen) atoms. The minimum absolute atomic E-state index is 0.178. The highest BCUT2D eigenvalue weighted by atomic mass is 16.8. The zero-order valence-corrected chi connectivity index (χ0v) is 13.1. The van der Waals surface area contributed by atoms with Crippen molar-refractivity contribution in [2.24, 2.45) is 0 Å². The first-order valence-electron chi connectivity index (χ1n) is 8.19. The van der Waals surface area contributed by atoms with Crippen molar-refractivity contribution in [3.8, 4) is 0 Å². The molecule has 1 aliphatic heterocycles. The van der Waals surface area contributed by atoms with E-state index in [1.165, 1.54) is 25.7 Å². The lowest BCUT2D eigenvalue weighted by molar-refractivity contribution is 0.0707. The summed E-state index contributed by atoms with van der Waals surface area (Å²) in [6, 6.07) is 8.91. The standard InChI is InChI=1S/C18H24O4/c1-2-3-4-5-6-10-13-15-17(22-18(20)21-15)16(19)14-11-8-7-9-12-14/h7-9,11-12,15,17H,2-6,10,13H2,1H3/t15-,17+/m0/s1. The third-order valence-corrected chi connectivity index (χ3v) is 3.97. The first-order valence-corrected chi connectivity index (χ1v) is 8.19. The lowest BCUT2D eigenvalue weighted by Crippen LogP contribution is -2.31. The first-order chi connectivity index (χ1) is 10.7. The van der Waals surface area contributed by atoms with Gasteiger partial charge in [0.1, 0.15) is 6.10 Å². The lowest BCUT2D eigenvalue weighted by Gasteiger charge is -2.14. The summed E-state index contributed by atoms with van der Waals surface area (Å²) in [5, 5.41) is 0. The van der Waals surface area contributed by atoms with Crippen LogP contribution in [0.2, 0.25) is 0 Å². The van der Waals surface area contributed by atoms with Crippen LogP contribution in [0.1, 0.15) is 62.2 Å². The molecule has 0 saturated carbocycles. The van der Waals surface area contributed by atoms with Crippen LogP contribution < -0.4 is 0 Å². The second-order valence-corrected chi connectivity index (χ2v) is 5.73. The van der Waals surface area contributed by atoms with Gasteiger partial charge in [-0.2, -0.15) is 0 Å². The average molecular weight is 304 g/mol. The van der Waals surface area contributed by atoms with Crippen LogP contribution in [-0.2, 0) is 9.47 Å². The number of rotatable bonds is 9. The average Bonchev–Trinajstić information content (AvgIpc) is 2.91. The summed E-state index contributed by atoms with van der Waals surface area (Å²) in [6.45, 7) is 2.19. The molecule has 1 saturated heterocycles. The van der Waals surface area contributed by atoms with Gasteiger partial charge in [-0.05, 0) is 12.8 Å². The maximum atomic E-state index is 12.4. The highest BCUT2D eigenvalue weighted by Crippen LogP contribution is 2.24. The SMILES string of the molecule is CCCCCCCC[C@@H]1OC(=O)O[C@H]1C(=O)c1ccccc1. The number of ether oxygens (including phenoxy) is 2. The number of unbranched alkanes of at least 4 members (excludes halogenated alkanes) is 5. The maximum absolute atomic E-state index is 12.4. The van der Waals surface area contributed by atoms with Crippen molar-refractivity contribution >= 4 is 11.9 Å². The number of ketones is 1. The Labute approximate surface area is 131 Å². The van der Waals surface area contributed by atoms with Crippen molar-refractivity contribution in [2.45, 2.75) is 64.1 Å². The summed E-state index contributed by atoms with van der Waals surface area (Å²) >= 11 is 0. The Morgan fingerprint density at radius 3 is 2.41 bits per heavy atom. The molecule has 1 aliphatic rings. The lowest BCUT2D eigenvalue weighted by atomic mass is 9.98. The Hall–Kier alpha value is -1.84. The Morgan fingerprint density at radius 1 is 1.00 bits per heavy atom. The molecule has 0 aromatic heterocycles. The van der Waals surface area contributed by atoms with Crippen molar-refractivity contribution in [1.29, 1.82) is 0 Å². The van der Waals surface area contributed by atoms with Gasteiger partial charge in [0.15, 0.2) is 0 Å². The molecule has 120 valence electrons. The van der Waals surface area contributed by atoms with Gasteiger partial charge in [0.05, 0.1) is 0 Å². The van der Waals surface area contributed by atoms with E-state index in [2.05, 4.69) is 6.92 Å². The van der Waals surface area contributed by atoms with E-state index in [0.29, 0.717) is 12.0 Å². The summed E-state index contributed by atoms with van der Waals surface area (Å²) in [4.78, 5) is 23.8. The maximum Gasteiger partial charge on any atom is 0.509 e. The second-order valence-electron chi connectivity index (χ2n) is 5.73. The van der Waals surface area contributed by atoms with Gasteiger partial charge in [0, 0.05) is 5.56 Å². The molecule has 4 nitrogen and oxygen atoms in total. The van der Waals surface area contributed by atoms with Crippen LogP contribution in [0.4, 0.5) is 4.79 Å². The van der Waals surface area contributed by atoms with Gasteiger partial charge >= 0.3 is 6.16 Å². The van der Waals surface area contributed by atoms with Crippen molar-refractivity contribution in [2.75, 3.05) is 0 Å². The van der Waals surface area contributed by atoms with Crippen LogP contribution in [0, 0.1) is 0 Å². The van der Waals surface area contributed by atoms with E-state index >= 15 is 0 Å². The fourth-order valence-electron chi connectivity index (χ4n) is 2.72. The molecule has 1 aromatic carbocycles. The van der Waals surface area contributed by atoms with Gasteiger partial charge in [0.25, 0.3) is 0 Å². The highest BCUT2D eigenvalue weighted by Gasteiger charge is 2.41. The van der Waals surface area contributed by atoms with E-state index in [0.717, 1.165) is 12.8 Å². The normalized spacial score (nSPS) is 20.5. The third kappa shape index (κ3) is 4.58. The number of benzene rings is 1. The molecule has 0 radical (unpaired) electrons. The molecule has 2 rings (SSSR count). The van der Waals surface area contributed by atoms with Gasteiger partial charge in [0.2, 0.25) is 11.9 Å². The monoisotopic (exact) mass is 304 g/mol. The summed E-state index contributed by atoms with van der Waals surface area (Å²) in [5.74, 6) is -0.178. The molecule has 1 aromatic rings. The third-order valence-electron chi connectivity index (χ3n) is 3.97. The topological polar surface area (TPSA) is 52.6 Å².